The van der Waals surface area contributed by atoms with Crippen LogP contribution >= 0.6 is 0 Å². The molecule has 0 aromatic carbocycles. The van der Waals surface area contributed by atoms with Crippen LogP contribution in [-0.2, 0) is 4.79 Å². The molecule has 1 N–H and O–H groups in total. The van der Waals surface area contributed by atoms with E-state index in [1.54, 1.807) is 0 Å². The zero-order valence-corrected chi connectivity index (χ0v) is 7.42. The summed E-state index contributed by atoms with van der Waals surface area (Å²) in [5.41, 5.74) is 0. The van der Waals surface area contributed by atoms with Gasteiger partial charge in [-0.3, -0.25) is 9.79 Å². The molecule has 0 unspecified atom stereocenters. The minimum Gasteiger partial charge on any atom is -0.359 e. The normalized spacial score (nSPS) is 15.2. The lowest BCUT2D eigenvalue weighted by Gasteiger charge is -2.13. The van der Waals surface area contributed by atoms with E-state index in [4.69, 9.17) is 0 Å². The SMILES string of the molecule is CCC(=O)NCCN1C=NCC1. The highest BCUT2D eigenvalue weighted by atomic mass is 16.1. The first kappa shape index (κ1) is 9.03. The summed E-state index contributed by atoms with van der Waals surface area (Å²) in [5.74, 6) is 0.117. The fourth-order valence-electron chi connectivity index (χ4n) is 1.05. The van der Waals surface area contributed by atoms with Gasteiger partial charge in [0.1, 0.15) is 0 Å². The molecule has 0 spiro atoms. The third-order valence-corrected chi connectivity index (χ3v) is 1.80. The Hall–Kier alpha value is -1.06. The van der Waals surface area contributed by atoms with Gasteiger partial charge in [0, 0.05) is 26.1 Å². The van der Waals surface area contributed by atoms with Crippen molar-refractivity contribution in [2.45, 2.75) is 13.3 Å². The summed E-state index contributed by atoms with van der Waals surface area (Å²) >= 11 is 0. The van der Waals surface area contributed by atoms with Gasteiger partial charge in [-0.2, -0.15) is 0 Å². The molecular weight excluding hydrogens is 154 g/mol. The number of hydrogen-bond donors (Lipinski definition) is 1. The predicted molar refractivity (Wildman–Crippen MR) is 48.2 cm³/mol. The standard InChI is InChI=1S/C8H15N3O/c1-2-8(12)10-4-6-11-5-3-9-7-11/h7H,2-6H2,1H3,(H,10,12). The van der Waals surface area contributed by atoms with Crippen LogP contribution in [0.15, 0.2) is 4.99 Å². The summed E-state index contributed by atoms with van der Waals surface area (Å²) in [6.45, 7) is 5.32. The number of carbonyl (C=O) groups is 1. The van der Waals surface area contributed by atoms with Gasteiger partial charge < -0.3 is 10.2 Å². The fraction of sp³-hybridized carbons (Fsp3) is 0.750. The van der Waals surface area contributed by atoms with Gasteiger partial charge in [-0.1, -0.05) is 6.92 Å². The van der Waals surface area contributed by atoms with Gasteiger partial charge >= 0.3 is 0 Å². The van der Waals surface area contributed by atoms with E-state index in [-0.39, 0.29) is 5.91 Å². The zero-order chi connectivity index (χ0) is 8.81. The molecule has 1 amide bonds. The summed E-state index contributed by atoms with van der Waals surface area (Å²) in [7, 11) is 0. The van der Waals surface area contributed by atoms with E-state index in [0.717, 1.165) is 26.2 Å². The second-order valence-electron chi connectivity index (χ2n) is 2.76. The van der Waals surface area contributed by atoms with E-state index < -0.39 is 0 Å². The van der Waals surface area contributed by atoms with E-state index >= 15 is 0 Å². The van der Waals surface area contributed by atoms with Gasteiger partial charge in [0.15, 0.2) is 0 Å². The fourth-order valence-corrected chi connectivity index (χ4v) is 1.05. The molecule has 68 valence electrons. The molecule has 0 aromatic rings. The number of carbonyl (C=O) groups excluding carboxylic acids is 1. The molecule has 1 rings (SSSR count). The number of aliphatic imine (C=N–C) groups is 1. The van der Waals surface area contributed by atoms with E-state index in [0.29, 0.717) is 6.42 Å². The van der Waals surface area contributed by atoms with Crippen molar-refractivity contribution in [3.05, 3.63) is 0 Å². The molecule has 1 aliphatic rings. The molecule has 0 bridgehead atoms. The van der Waals surface area contributed by atoms with Crippen LogP contribution in [0, 0.1) is 0 Å². The maximum absolute atomic E-state index is 10.8. The molecule has 4 heteroatoms. The van der Waals surface area contributed by atoms with Crippen LogP contribution in [-0.4, -0.2) is 43.3 Å². The Morgan fingerprint density at radius 2 is 2.58 bits per heavy atom. The minimum absolute atomic E-state index is 0.117. The molecule has 1 heterocycles. The van der Waals surface area contributed by atoms with Crippen molar-refractivity contribution in [1.82, 2.24) is 10.2 Å². The average Bonchev–Trinajstić information content (AvgIpc) is 2.57. The Labute approximate surface area is 72.7 Å². The lowest BCUT2D eigenvalue weighted by molar-refractivity contribution is -0.120. The van der Waals surface area contributed by atoms with Crippen LogP contribution in [0.3, 0.4) is 0 Å². The van der Waals surface area contributed by atoms with Crippen molar-refractivity contribution in [3.8, 4) is 0 Å². The molecule has 0 aliphatic carbocycles. The Morgan fingerprint density at radius 3 is 3.17 bits per heavy atom. The lowest BCUT2D eigenvalue weighted by atomic mass is 10.4. The third-order valence-electron chi connectivity index (χ3n) is 1.80. The van der Waals surface area contributed by atoms with Gasteiger partial charge in [-0.05, 0) is 0 Å². The number of hydrogen-bond acceptors (Lipinski definition) is 3. The highest BCUT2D eigenvalue weighted by molar-refractivity contribution is 5.75. The Morgan fingerprint density at radius 1 is 1.75 bits per heavy atom. The predicted octanol–water partition coefficient (Wildman–Crippen LogP) is -0.143. The quantitative estimate of drug-likeness (QED) is 0.636. The molecular formula is C8H15N3O. The van der Waals surface area contributed by atoms with Crippen LogP contribution in [0.4, 0.5) is 0 Å². The second kappa shape index (κ2) is 4.74. The lowest BCUT2D eigenvalue weighted by Crippen LogP contribution is -2.33. The maximum atomic E-state index is 10.8. The number of nitrogens with zero attached hydrogens (tertiary/aromatic N) is 2. The molecule has 0 saturated carbocycles. The van der Waals surface area contributed by atoms with Crippen LogP contribution in [0.1, 0.15) is 13.3 Å². The largest absolute Gasteiger partial charge is 0.359 e. The Bertz CT molecular complexity index is 179. The summed E-state index contributed by atoms with van der Waals surface area (Å²) in [5, 5.41) is 2.82. The summed E-state index contributed by atoms with van der Waals surface area (Å²) in [6, 6.07) is 0. The smallest absolute Gasteiger partial charge is 0.219 e. The van der Waals surface area contributed by atoms with Crippen LogP contribution in [0.25, 0.3) is 0 Å². The second-order valence-corrected chi connectivity index (χ2v) is 2.76. The van der Waals surface area contributed by atoms with Crippen molar-refractivity contribution < 1.29 is 4.79 Å². The molecule has 4 nitrogen and oxygen atoms in total. The van der Waals surface area contributed by atoms with E-state index in [1.165, 1.54) is 0 Å². The molecule has 0 radical (unpaired) electrons. The van der Waals surface area contributed by atoms with Gasteiger partial charge in [-0.15, -0.1) is 0 Å². The van der Waals surface area contributed by atoms with Gasteiger partial charge in [0.25, 0.3) is 0 Å². The molecule has 1 aliphatic heterocycles. The van der Waals surface area contributed by atoms with Crippen molar-refractivity contribution >= 4 is 12.2 Å². The zero-order valence-electron chi connectivity index (χ0n) is 7.42. The molecule has 0 fully saturated rings. The van der Waals surface area contributed by atoms with Gasteiger partial charge in [-0.25, -0.2) is 0 Å². The van der Waals surface area contributed by atoms with Gasteiger partial charge in [0.2, 0.25) is 5.91 Å². The van der Waals surface area contributed by atoms with E-state index in [9.17, 15) is 4.79 Å². The summed E-state index contributed by atoms with van der Waals surface area (Å²) in [6.07, 6.45) is 2.41. The monoisotopic (exact) mass is 169 g/mol. The highest BCUT2D eigenvalue weighted by Gasteiger charge is 2.04. The van der Waals surface area contributed by atoms with Crippen LogP contribution in [0.2, 0.25) is 0 Å². The Kier molecular flexibility index (Phi) is 3.57. The first-order valence-corrected chi connectivity index (χ1v) is 4.33. The number of rotatable bonds is 4. The number of amides is 1. The van der Waals surface area contributed by atoms with E-state index in [1.807, 2.05) is 13.3 Å². The minimum atomic E-state index is 0.117. The van der Waals surface area contributed by atoms with Crippen molar-refractivity contribution in [1.29, 1.82) is 0 Å². The summed E-state index contributed by atoms with van der Waals surface area (Å²) < 4.78 is 0. The molecule has 12 heavy (non-hydrogen) atoms. The van der Waals surface area contributed by atoms with Crippen molar-refractivity contribution in [2.24, 2.45) is 4.99 Å². The van der Waals surface area contributed by atoms with Crippen LogP contribution in [0.5, 0.6) is 0 Å². The molecule has 0 aromatic heterocycles. The van der Waals surface area contributed by atoms with Gasteiger partial charge in [0.05, 0.1) is 12.9 Å². The molecule has 0 saturated heterocycles. The third kappa shape index (κ3) is 2.90. The van der Waals surface area contributed by atoms with Crippen LogP contribution < -0.4 is 5.32 Å². The Balaban J connectivity index is 2.02. The maximum Gasteiger partial charge on any atom is 0.219 e. The first-order chi connectivity index (χ1) is 5.83. The number of nitrogens with one attached hydrogen (secondary N) is 1. The topological polar surface area (TPSA) is 44.7 Å². The van der Waals surface area contributed by atoms with Crippen molar-refractivity contribution in [3.63, 3.8) is 0 Å². The van der Waals surface area contributed by atoms with Crippen molar-refractivity contribution in [2.75, 3.05) is 26.2 Å². The first-order valence-electron chi connectivity index (χ1n) is 4.33. The molecule has 0 atom stereocenters. The highest BCUT2D eigenvalue weighted by Crippen LogP contribution is 1.90. The summed E-state index contributed by atoms with van der Waals surface area (Å²) in [4.78, 5) is 17.0. The van der Waals surface area contributed by atoms with E-state index in [2.05, 4.69) is 15.2 Å². The average molecular weight is 169 g/mol.